The van der Waals surface area contributed by atoms with E-state index in [1.165, 1.54) is 0 Å². The number of halogens is 1. The summed E-state index contributed by atoms with van der Waals surface area (Å²) < 4.78 is 0. The predicted molar refractivity (Wildman–Crippen MR) is 76.8 cm³/mol. The lowest BCUT2D eigenvalue weighted by Crippen LogP contribution is -2.18. The van der Waals surface area contributed by atoms with Gasteiger partial charge in [0.25, 0.3) is 0 Å². The molecule has 0 unspecified atom stereocenters. The minimum atomic E-state index is 0.152. The summed E-state index contributed by atoms with van der Waals surface area (Å²) in [5, 5.41) is 0.684. The molecule has 100 valence electrons. The molecule has 0 aliphatic rings. The summed E-state index contributed by atoms with van der Waals surface area (Å²) in [7, 11) is 0. The predicted octanol–water partition coefficient (Wildman–Crippen LogP) is 3.61. The first-order chi connectivity index (χ1) is 8.43. The van der Waals surface area contributed by atoms with Crippen LogP contribution in [-0.2, 0) is 11.2 Å². The molecular formula is C15H22ClNO. The maximum Gasteiger partial charge on any atom is 0.137 e. The molecular weight excluding hydrogens is 246 g/mol. The van der Waals surface area contributed by atoms with Crippen molar-refractivity contribution in [2.45, 2.75) is 39.5 Å². The molecule has 2 nitrogen and oxygen atoms in total. The Balaban J connectivity index is 2.43. The molecule has 1 aromatic carbocycles. The van der Waals surface area contributed by atoms with Gasteiger partial charge in [-0.1, -0.05) is 37.6 Å². The average molecular weight is 268 g/mol. The van der Waals surface area contributed by atoms with Gasteiger partial charge in [-0.2, -0.15) is 0 Å². The number of Topliss-reactive ketones (excluding diaryl/α,β-unsaturated/α-hetero) is 1. The van der Waals surface area contributed by atoms with Crippen molar-refractivity contribution in [3.8, 4) is 0 Å². The van der Waals surface area contributed by atoms with Crippen LogP contribution in [-0.4, -0.2) is 12.3 Å². The van der Waals surface area contributed by atoms with Crippen molar-refractivity contribution in [3.05, 3.63) is 34.9 Å². The van der Waals surface area contributed by atoms with E-state index in [1.807, 2.05) is 24.3 Å². The Morgan fingerprint density at radius 2 is 2.06 bits per heavy atom. The molecule has 0 amide bonds. The van der Waals surface area contributed by atoms with E-state index < -0.39 is 0 Å². The summed E-state index contributed by atoms with van der Waals surface area (Å²) in [4.78, 5) is 11.9. The summed E-state index contributed by atoms with van der Waals surface area (Å²) in [6.07, 6.45) is 2.93. The van der Waals surface area contributed by atoms with Crippen LogP contribution in [0.5, 0.6) is 0 Å². The quantitative estimate of drug-likeness (QED) is 0.820. The lowest BCUT2D eigenvalue weighted by Gasteiger charge is -2.23. The van der Waals surface area contributed by atoms with E-state index in [-0.39, 0.29) is 11.2 Å². The summed E-state index contributed by atoms with van der Waals surface area (Å²) in [6, 6.07) is 7.49. The highest BCUT2D eigenvalue weighted by Crippen LogP contribution is 2.26. The topological polar surface area (TPSA) is 43.1 Å². The SMILES string of the molecule is CC(C)(CCN)CCC(=O)Cc1cccc(Cl)c1. The largest absolute Gasteiger partial charge is 0.330 e. The number of benzene rings is 1. The van der Waals surface area contributed by atoms with Crippen LogP contribution in [0.3, 0.4) is 0 Å². The second-order valence-corrected chi connectivity index (χ2v) is 5.98. The van der Waals surface area contributed by atoms with E-state index in [0.29, 0.717) is 24.4 Å². The van der Waals surface area contributed by atoms with Gasteiger partial charge in [0.2, 0.25) is 0 Å². The van der Waals surface area contributed by atoms with E-state index in [1.54, 1.807) is 0 Å². The van der Waals surface area contributed by atoms with E-state index in [2.05, 4.69) is 13.8 Å². The molecule has 2 N–H and O–H groups in total. The first-order valence-corrected chi connectivity index (χ1v) is 6.77. The van der Waals surface area contributed by atoms with Gasteiger partial charge in [-0.25, -0.2) is 0 Å². The van der Waals surface area contributed by atoms with Crippen molar-refractivity contribution in [1.29, 1.82) is 0 Å². The van der Waals surface area contributed by atoms with Crippen molar-refractivity contribution >= 4 is 17.4 Å². The summed E-state index contributed by atoms with van der Waals surface area (Å²) in [5.41, 5.74) is 6.70. The van der Waals surface area contributed by atoms with Crippen LogP contribution in [0.15, 0.2) is 24.3 Å². The van der Waals surface area contributed by atoms with Crippen LogP contribution < -0.4 is 5.73 Å². The number of nitrogens with two attached hydrogens (primary N) is 1. The Labute approximate surface area is 115 Å². The molecule has 0 aliphatic carbocycles. The van der Waals surface area contributed by atoms with Crippen molar-refractivity contribution < 1.29 is 4.79 Å². The fraction of sp³-hybridized carbons (Fsp3) is 0.533. The average Bonchev–Trinajstić information content (AvgIpc) is 2.26. The molecule has 0 atom stereocenters. The Morgan fingerprint density at radius 1 is 1.33 bits per heavy atom. The van der Waals surface area contributed by atoms with Gasteiger partial charge in [0, 0.05) is 17.9 Å². The number of rotatable bonds is 7. The molecule has 0 aromatic heterocycles. The number of ketones is 1. The van der Waals surface area contributed by atoms with Crippen molar-refractivity contribution in [2.75, 3.05) is 6.54 Å². The zero-order valence-electron chi connectivity index (χ0n) is 11.2. The maximum absolute atomic E-state index is 11.9. The molecule has 0 saturated heterocycles. The first kappa shape index (κ1) is 15.2. The normalized spacial score (nSPS) is 11.6. The molecule has 1 aromatic rings. The van der Waals surface area contributed by atoms with Crippen molar-refractivity contribution in [1.82, 2.24) is 0 Å². The molecule has 0 aliphatic heterocycles. The monoisotopic (exact) mass is 267 g/mol. The highest BCUT2D eigenvalue weighted by atomic mass is 35.5. The van der Waals surface area contributed by atoms with Gasteiger partial charge >= 0.3 is 0 Å². The Bertz CT molecular complexity index is 401. The maximum atomic E-state index is 11.9. The number of hydrogen-bond donors (Lipinski definition) is 1. The molecule has 3 heteroatoms. The van der Waals surface area contributed by atoms with Crippen LogP contribution in [0.1, 0.15) is 38.7 Å². The second kappa shape index (κ2) is 6.91. The van der Waals surface area contributed by atoms with Gasteiger partial charge in [0.15, 0.2) is 0 Å². The zero-order chi connectivity index (χ0) is 13.6. The molecule has 0 heterocycles. The molecule has 18 heavy (non-hydrogen) atoms. The van der Waals surface area contributed by atoms with Crippen LogP contribution >= 0.6 is 11.6 Å². The third-order valence-corrected chi connectivity index (χ3v) is 3.43. The van der Waals surface area contributed by atoms with Gasteiger partial charge < -0.3 is 5.73 Å². The van der Waals surface area contributed by atoms with Crippen LogP contribution in [0.2, 0.25) is 5.02 Å². The fourth-order valence-corrected chi connectivity index (χ4v) is 2.17. The second-order valence-electron chi connectivity index (χ2n) is 5.55. The van der Waals surface area contributed by atoms with Crippen molar-refractivity contribution in [3.63, 3.8) is 0 Å². The molecule has 0 spiro atoms. The van der Waals surface area contributed by atoms with Crippen molar-refractivity contribution in [2.24, 2.45) is 11.1 Å². The minimum Gasteiger partial charge on any atom is -0.330 e. The van der Waals surface area contributed by atoms with Gasteiger partial charge in [-0.3, -0.25) is 4.79 Å². The van der Waals surface area contributed by atoms with Crippen LogP contribution in [0.25, 0.3) is 0 Å². The molecule has 0 bridgehead atoms. The number of carbonyl (C=O) groups excluding carboxylic acids is 1. The summed E-state index contributed by atoms with van der Waals surface area (Å²) >= 11 is 5.89. The lowest BCUT2D eigenvalue weighted by atomic mass is 9.83. The molecule has 0 radical (unpaired) electrons. The van der Waals surface area contributed by atoms with E-state index >= 15 is 0 Å². The van der Waals surface area contributed by atoms with E-state index in [0.717, 1.165) is 18.4 Å². The Hall–Kier alpha value is -0.860. The number of carbonyl (C=O) groups is 1. The van der Waals surface area contributed by atoms with Gasteiger partial charge in [-0.05, 0) is 42.5 Å². The summed E-state index contributed by atoms with van der Waals surface area (Å²) in [5.74, 6) is 0.266. The summed E-state index contributed by atoms with van der Waals surface area (Å²) in [6.45, 7) is 4.99. The highest BCUT2D eigenvalue weighted by molar-refractivity contribution is 6.30. The van der Waals surface area contributed by atoms with Crippen LogP contribution in [0.4, 0.5) is 0 Å². The van der Waals surface area contributed by atoms with Gasteiger partial charge in [0.1, 0.15) is 5.78 Å². The standard InChI is InChI=1S/C15H22ClNO/c1-15(2,8-9-17)7-6-14(18)11-12-4-3-5-13(16)10-12/h3-5,10H,6-9,11,17H2,1-2H3. The lowest BCUT2D eigenvalue weighted by molar-refractivity contribution is -0.119. The van der Waals surface area contributed by atoms with Crippen LogP contribution in [0, 0.1) is 5.41 Å². The van der Waals surface area contributed by atoms with Gasteiger partial charge in [-0.15, -0.1) is 0 Å². The third kappa shape index (κ3) is 5.65. The van der Waals surface area contributed by atoms with E-state index in [9.17, 15) is 4.79 Å². The highest BCUT2D eigenvalue weighted by Gasteiger charge is 2.18. The molecule has 1 rings (SSSR count). The Kier molecular flexibility index (Phi) is 5.83. The fourth-order valence-electron chi connectivity index (χ4n) is 1.96. The third-order valence-electron chi connectivity index (χ3n) is 3.19. The van der Waals surface area contributed by atoms with Gasteiger partial charge in [0.05, 0.1) is 0 Å². The molecule has 0 saturated carbocycles. The Morgan fingerprint density at radius 3 is 2.67 bits per heavy atom. The first-order valence-electron chi connectivity index (χ1n) is 6.39. The smallest absolute Gasteiger partial charge is 0.137 e. The van der Waals surface area contributed by atoms with E-state index in [4.69, 9.17) is 17.3 Å². The minimum absolute atomic E-state index is 0.152. The zero-order valence-corrected chi connectivity index (χ0v) is 12.0. The molecule has 0 fully saturated rings. The number of hydrogen-bond acceptors (Lipinski definition) is 2.